The summed E-state index contributed by atoms with van der Waals surface area (Å²) in [6.07, 6.45) is 2.22. The number of hydrogen-bond donors (Lipinski definition) is 1. The number of rotatable bonds is 3. The summed E-state index contributed by atoms with van der Waals surface area (Å²) >= 11 is 0. The van der Waals surface area contributed by atoms with Crippen LogP contribution in [0.2, 0.25) is 0 Å². The van der Waals surface area contributed by atoms with Gasteiger partial charge in [0.1, 0.15) is 5.82 Å². The van der Waals surface area contributed by atoms with Gasteiger partial charge in [-0.25, -0.2) is 4.39 Å². The van der Waals surface area contributed by atoms with Crippen LogP contribution < -0.4 is 5.56 Å². The Balaban J connectivity index is 1.94. The third-order valence-corrected chi connectivity index (χ3v) is 4.29. The van der Waals surface area contributed by atoms with Gasteiger partial charge in [0.05, 0.1) is 5.56 Å². The van der Waals surface area contributed by atoms with E-state index in [1.807, 2.05) is 13.8 Å². The van der Waals surface area contributed by atoms with Crippen molar-refractivity contribution in [1.82, 2.24) is 9.47 Å². The van der Waals surface area contributed by atoms with Crippen LogP contribution in [-0.2, 0) is 13.0 Å². The monoisotopic (exact) mass is 330 g/mol. The van der Waals surface area contributed by atoms with E-state index in [2.05, 4.69) is 0 Å². The number of pyridine rings is 1. The number of aromatic nitrogens is 1. The van der Waals surface area contributed by atoms with E-state index < -0.39 is 11.3 Å². The number of halogens is 1. The lowest BCUT2D eigenvalue weighted by atomic mass is 9.99. The van der Waals surface area contributed by atoms with Crippen molar-refractivity contribution in [3.05, 3.63) is 63.3 Å². The van der Waals surface area contributed by atoms with Gasteiger partial charge < -0.3 is 14.6 Å². The second-order valence-electron chi connectivity index (χ2n) is 6.29. The molecule has 1 aromatic heterocycles. The second-order valence-corrected chi connectivity index (χ2v) is 6.29. The van der Waals surface area contributed by atoms with Crippen LogP contribution >= 0.6 is 0 Å². The van der Waals surface area contributed by atoms with Gasteiger partial charge >= 0.3 is 0 Å². The summed E-state index contributed by atoms with van der Waals surface area (Å²) in [5, 5.41) is 10.2. The molecule has 3 rings (SSSR count). The summed E-state index contributed by atoms with van der Waals surface area (Å²) in [4.78, 5) is 26.5. The fourth-order valence-electron chi connectivity index (χ4n) is 2.96. The summed E-state index contributed by atoms with van der Waals surface area (Å²) in [6.45, 7) is 4.49. The van der Waals surface area contributed by atoms with Gasteiger partial charge in [0.25, 0.3) is 11.5 Å². The third-order valence-electron chi connectivity index (χ3n) is 4.29. The fraction of sp³-hybridized carbons (Fsp3) is 0.333. The van der Waals surface area contributed by atoms with E-state index in [1.165, 1.54) is 16.7 Å². The summed E-state index contributed by atoms with van der Waals surface area (Å²) < 4.78 is 14.4. The molecule has 126 valence electrons. The summed E-state index contributed by atoms with van der Waals surface area (Å²) in [5.41, 5.74) is 1.01. The molecule has 1 aliphatic rings. The maximum atomic E-state index is 13.0. The van der Waals surface area contributed by atoms with Crippen LogP contribution in [0.4, 0.5) is 4.39 Å². The van der Waals surface area contributed by atoms with Crippen molar-refractivity contribution in [2.45, 2.75) is 32.9 Å². The molecule has 0 saturated heterocycles. The normalized spacial score (nSPS) is 14.2. The molecule has 0 saturated carbocycles. The fourth-order valence-corrected chi connectivity index (χ4v) is 2.96. The van der Waals surface area contributed by atoms with Crippen molar-refractivity contribution in [3.8, 4) is 5.75 Å². The molecule has 1 aromatic carbocycles. The highest BCUT2D eigenvalue weighted by Gasteiger charge is 2.30. The topological polar surface area (TPSA) is 62.5 Å². The van der Waals surface area contributed by atoms with Gasteiger partial charge in [0.15, 0.2) is 5.75 Å². The van der Waals surface area contributed by atoms with Gasteiger partial charge in [-0.2, -0.15) is 0 Å². The number of carbonyl (C=O) groups is 1. The Bertz CT molecular complexity index is 841. The van der Waals surface area contributed by atoms with Crippen LogP contribution in [0.15, 0.2) is 35.3 Å². The van der Waals surface area contributed by atoms with Crippen LogP contribution in [0.3, 0.4) is 0 Å². The number of aromatic hydroxyl groups is 1. The summed E-state index contributed by atoms with van der Waals surface area (Å²) in [6, 6.07) is 5.83. The number of nitrogens with zero attached hydrogens (tertiary/aromatic N) is 2. The molecule has 24 heavy (non-hydrogen) atoms. The molecule has 0 bridgehead atoms. The van der Waals surface area contributed by atoms with E-state index in [0.29, 0.717) is 25.1 Å². The first kappa shape index (κ1) is 16.2. The van der Waals surface area contributed by atoms with Crippen LogP contribution in [0.1, 0.15) is 41.4 Å². The number of fused-ring (bicyclic) bond motifs is 1. The Morgan fingerprint density at radius 1 is 1.21 bits per heavy atom. The Hall–Kier alpha value is -2.63. The van der Waals surface area contributed by atoms with Gasteiger partial charge in [-0.1, -0.05) is 12.1 Å². The third kappa shape index (κ3) is 2.79. The maximum Gasteiger partial charge on any atom is 0.293 e. The Morgan fingerprint density at radius 2 is 1.88 bits per heavy atom. The van der Waals surface area contributed by atoms with Crippen LogP contribution in [0, 0.1) is 5.82 Å². The number of benzene rings is 1. The molecule has 0 unspecified atom stereocenters. The van der Waals surface area contributed by atoms with Crippen molar-refractivity contribution in [3.63, 3.8) is 0 Å². The number of amides is 1. The molecule has 0 atom stereocenters. The quantitative estimate of drug-likeness (QED) is 0.940. The predicted octanol–water partition coefficient (Wildman–Crippen LogP) is 2.47. The lowest BCUT2D eigenvalue weighted by Crippen LogP contribution is -2.39. The van der Waals surface area contributed by atoms with Crippen molar-refractivity contribution >= 4 is 5.91 Å². The van der Waals surface area contributed by atoms with Crippen molar-refractivity contribution < 1.29 is 14.3 Å². The van der Waals surface area contributed by atoms with E-state index >= 15 is 0 Å². The molecular formula is C18H19FN2O3. The number of hydrogen-bond acceptors (Lipinski definition) is 3. The van der Waals surface area contributed by atoms with Gasteiger partial charge in [0.2, 0.25) is 0 Å². The van der Waals surface area contributed by atoms with Gasteiger partial charge in [0, 0.05) is 25.3 Å². The molecule has 6 heteroatoms. The van der Waals surface area contributed by atoms with E-state index in [1.54, 1.807) is 23.2 Å². The minimum Gasteiger partial charge on any atom is -0.502 e. The first-order valence-electron chi connectivity index (χ1n) is 7.89. The van der Waals surface area contributed by atoms with Gasteiger partial charge in [-0.3, -0.25) is 9.59 Å². The molecule has 0 fully saturated rings. The zero-order chi connectivity index (χ0) is 17.4. The lowest BCUT2D eigenvalue weighted by Gasteiger charge is -2.29. The average Bonchev–Trinajstić information content (AvgIpc) is 2.54. The van der Waals surface area contributed by atoms with Gasteiger partial charge in [-0.15, -0.1) is 0 Å². The smallest absolute Gasteiger partial charge is 0.293 e. The highest BCUT2D eigenvalue weighted by Crippen LogP contribution is 2.26. The molecule has 2 heterocycles. The van der Waals surface area contributed by atoms with E-state index in [-0.39, 0.29) is 23.3 Å². The Labute approximate surface area is 139 Å². The first-order valence-corrected chi connectivity index (χ1v) is 7.89. The molecule has 2 aromatic rings. The number of carbonyl (C=O) groups excluding carboxylic acids is 1. The first-order chi connectivity index (χ1) is 11.4. The van der Waals surface area contributed by atoms with Crippen LogP contribution in [0.5, 0.6) is 5.75 Å². The minimum atomic E-state index is -0.555. The van der Waals surface area contributed by atoms with Crippen LogP contribution in [0.25, 0.3) is 0 Å². The molecule has 5 nitrogen and oxygen atoms in total. The highest BCUT2D eigenvalue weighted by atomic mass is 19.1. The largest absolute Gasteiger partial charge is 0.502 e. The van der Waals surface area contributed by atoms with E-state index in [0.717, 1.165) is 5.56 Å². The molecular weight excluding hydrogens is 311 g/mol. The summed E-state index contributed by atoms with van der Waals surface area (Å²) in [5.74, 6) is -1.19. The summed E-state index contributed by atoms with van der Waals surface area (Å²) in [7, 11) is 0. The second kappa shape index (κ2) is 6.11. The minimum absolute atomic E-state index is 0.0882. The standard InChI is InChI=1S/C18H19FN2O3/c1-11(2)21-10-13-7-8-20(9-12-3-5-14(19)6-4-12)17(23)15(13)16(22)18(21)24/h3-6,10-11,22H,7-9H2,1-2H3. The lowest BCUT2D eigenvalue weighted by molar-refractivity contribution is 0.0722. The molecule has 1 aliphatic heterocycles. The van der Waals surface area contributed by atoms with E-state index in [9.17, 15) is 19.1 Å². The molecule has 1 amide bonds. The van der Waals surface area contributed by atoms with E-state index in [4.69, 9.17) is 0 Å². The van der Waals surface area contributed by atoms with Crippen molar-refractivity contribution in [1.29, 1.82) is 0 Å². The SMILES string of the molecule is CC(C)n1cc2c(c(O)c1=O)C(=O)N(Cc1ccc(F)cc1)CC2. The van der Waals surface area contributed by atoms with Crippen molar-refractivity contribution in [2.75, 3.05) is 6.54 Å². The Kier molecular flexibility index (Phi) is 4.13. The average molecular weight is 330 g/mol. The maximum absolute atomic E-state index is 13.0. The van der Waals surface area contributed by atoms with Gasteiger partial charge in [-0.05, 0) is 43.5 Å². The molecule has 0 spiro atoms. The predicted molar refractivity (Wildman–Crippen MR) is 87.6 cm³/mol. The molecule has 1 N–H and O–H groups in total. The van der Waals surface area contributed by atoms with Crippen molar-refractivity contribution in [2.24, 2.45) is 0 Å². The Morgan fingerprint density at radius 3 is 2.50 bits per heavy atom. The molecule has 0 radical (unpaired) electrons. The van der Waals surface area contributed by atoms with Crippen LogP contribution in [-0.4, -0.2) is 27.0 Å². The zero-order valence-electron chi connectivity index (χ0n) is 13.6. The zero-order valence-corrected chi connectivity index (χ0v) is 13.6. The highest BCUT2D eigenvalue weighted by molar-refractivity contribution is 5.99. The molecule has 0 aliphatic carbocycles.